The Hall–Kier alpha value is -2.56. The second-order valence-electron chi connectivity index (χ2n) is 7.21. The van der Waals surface area contributed by atoms with Crippen LogP contribution in [0.3, 0.4) is 0 Å². The lowest BCUT2D eigenvalue weighted by Gasteiger charge is -2.37. The minimum absolute atomic E-state index is 0.0352. The van der Waals surface area contributed by atoms with Crippen LogP contribution in [-0.4, -0.2) is 34.7 Å². The Morgan fingerprint density at radius 1 is 1.12 bits per heavy atom. The summed E-state index contributed by atoms with van der Waals surface area (Å²) in [5, 5.41) is 0. The zero-order chi connectivity index (χ0) is 17.9. The Morgan fingerprint density at radius 2 is 1.96 bits per heavy atom. The van der Waals surface area contributed by atoms with Crippen molar-refractivity contribution in [3.63, 3.8) is 0 Å². The molecule has 2 saturated heterocycles. The molecule has 4 rings (SSSR count). The topological polar surface area (TPSA) is 53.8 Å². The van der Waals surface area contributed by atoms with Crippen LogP contribution in [0.2, 0.25) is 0 Å². The van der Waals surface area contributed by atoms with Gasteiger partial charge in [-0.1, -0.05) is 30.3 Å². The molecule has 0 bridgehead atoms. The van der Waals surface area contributed by atoms with Crippen molar-refractivity contribution in [2.45, 2.75) is 38.3 Å². The molecule has 5 nitrogen and oxygen atoms in total. The van der Waals surface area contributed by atoms with Crippen LogP contribution >= 0.6 is 0 Å². The number of carbonyl (C=O) groups excluding carboxylic acids is 2. The number of rotatable bonds is 4. The maximum Gasteiger partial charge on any atom is 0.228 e. The van der Waals surface area contributed by atoms with Gasteiger partial charge in [-0.25, -0.2) is 0 Å². The quantitative estimate of drug-likeness (QED) is 0.848. The third-order valence-electron chi connectivity index (χ3n) is 5.46. The van der Waals surface area contributed by atoms with Gasteiger partial charge in [0.25, 0.3) is 0 Å². The number of nitrogens with zero attached hydrogens (tertiary/aromatic N) is 2. The lowest BCUT2D eigenvalue weighted by Crippen LogP contribution is -2.42. The van der Waals surface area contributed by atoms with Crippen molar-refractivity contribution in [1.82, 2.24) is 9.80 Å². The Labute approximate surface area is 153 Å². The average Bonchev–Trinajstić information content (AvgIpc) is 3.32. The van der Waals surface area contributed by atoms with Gasteiger partial charge in [0.15, 0.2) is 0 Å². The van der Waals surface area contributed by atoms with Gasteiger partial charge in [0.1, 0.15) is 5.76 Å². The summed E-state index contributed by atoms with van der Waals surface area (Å²) in [5.74, 6) is 0.662. The molecule has 136 valence electrons. The molecule has 3 heterocycles. The second kappa shape index (κ2) is 7.36. The van der Waals surface area contributed by atoms with Crippen LogP contribution in [-0.2, 0) is 16.1 Å². The molecule has 0 saturated carbocycles. The summed E-state index contributed by atoms with van der Waals surface area (Å²) >= 11 is 0. The summed E-state index contributed by atoms with van der Waals surface area (Å²) in [4.78, 5) is 29.3. The van der Waals surface area contributed by atoms with Gasteiger partial charge in [0.05, 0.1) is 24.8 Å². The lowest BCUT2D eigenvalue weighted by molar-refractivity contribution is -0.139. The minimum Gasteiger partial charge on any atom is -0.467 e. The van der Waals surface area contributed by atoms with E-state index in [2.05, 4.69) is 12.1 Å². The molecule has 2 aliphatic heterocycles. The highest BCUT2D eigenvalue weighted by Gasteiger charge is 2.39. The number of furan rings is 1. The first-order chi connectivity index (χ1) is 12.7. The number of benzene rings is 1. The Bertz CT molecular complexity index is 757. The molecule has 0 aliphatic carbocycles. The molecule has 2 amide bonds. The predicted octanol–water partition coefficient (Wildman–Crippen LogP) is 3.38. The van der Waals surface area contributed by atoms with Crippen molar-refractivity contribution in [3.8, 4) is 0 Å². The minimum atomic E-state index is -0.248. The van der Waals surface area contributed by atoms with E-state index in [9.17, 15) is 9.59 Å². The van der Waals surface area contributed by atoms with Crippen LogP contribution in [0.1, 0.15) is 43.0 Å². The number of amides is 2. The van der Waals surface area contributed by atoms with Gasteiger partial charge in [0, 0.05) is 19.5 Å². The van der Waals surface area contributed by atoms with Gasteiger partial charge < -0.3 is 14.2 Å². The maximum absolute atomic E-state index is 13.2. The van der Waals surface area contributed by atoms with Crippen LogP contribution in [0.4, 0.5) is 0 Å². The van der Waals surface area contributed by atoms with Crippen molar-refractivity contribution >= 4 is 11.8 Å². The van der Waals surface area contributed by atoms with Crippen LogP contribution in [0.15, 0.2) is 53.1 Å². The average molecular weight is 352 g/mol. The molecule has 2 aliphatic rings. The molecule has 2 fully saturated rings. The second-order valence-corrected chi connectivity index (χ2v) is 7.21. The van der Waals surface area contributed by atoms with Crippen molar-refractivity contribution < 1.29 is 14.0 Å². The van der Waals surface area contributed by atoms with E-state index in [-0.39, 0.29) is 23.8 Å². The highest BCUT2D eigenvalue weighted by Crippen LogP contribution is 2.33. The first kappa shape index (κ1) is 16.9. The molecule has 2 unspecified atom stereocenters. The molecular formula is C21H24N2O3. The number of likely N-dealkylation sites (tertiary alicyclic amines) is 2. The van der Waals surface area contributed by atoms with Crippen LogP contribution in [0, 0.1) is 5.92 Å². The Morgan fingerprint density at radius 3 is 2.73 bits per heavy atom. The summed E-state index contributed by atoms with van der Waals surface area (Å²) in [5.41, 5.74) is 1.19. The molecule has 2 aromatic rings. The fraction of sp³-hybridized carbons (Fsp3) is 0.429. The molecule has 26 heavy (non-hydrogen) atoms. The smallest absolute Gasteiger partial charge is 0.228 e. The molecular weight excluding hydrogens is 328 g/mol. The molecule has 0 radical (unpaired) electrons. The van der Waals surface area contributed by atoms with E-state index in [0.717, 1.165) is 31.6 Å². The number of hydrogen-bond acceptors (Lipinski definition) is 3. The highest BCUT2D eigenvalue weighted by atomic mass is 16.3. The predicted molar refractivity (Wildman–Crippen MR) is 97.0 cm³/mol. The van der Waals surface area contributed by atoms with E-state index < -0.39 is 0 Å². The fourth-order valence-corrected chi connectivity index (χ4v) is 4.13. The summed E-state index contributed by atoms with van der Waals surface area (Å²) in [6.45, 7) is 1.70. The van der Waals surface area contributed by atoms with E-state index in [1.807, 2.05) is 35.2 Å². The fourth-order valence-electron chi connectivity index (χ4n) is 4.13. The van der Waals surface area contributed by atoms with E-state index in [4.69, 9.17) is 4.42 Å². The van der Waals surface area contributed by atoms with E-state index in [1.165, 1.54) is 5.56 Å². The third kappa shape index (κ3) is 3.39. The Kier molecular flexibility index (Phi) is 4.78. The molecule has 0 spiro atoms. The van der Waals surface area contributed by atoms with Gasteiger partial charge in [-0.3, -0.25) is 9.59 Å². The van der Waals surface area contributed by atoms with Gasteiger partial charge in [-0.15, -0.1) is 0 Å². The van der Waals surface area contributed by atoms with Crippen LogP contribution in [0.25, 0.3) is 0 Å². The molecule has 5 heteroatoms. The third-order valence-corrected chi connectivity index (χ3v) is 5.46. The molecule has 1 aromatic heterocycles. The maximum atomic E-state index is 13.2. The summed E-state index contributed by atoms with van der Waals surface area (Å²) in [6.07, 6.45) is 5.07. The number of piperidine rings is 1. The molecule has 0 N–H and O–H groups in total. The monoisotopic (exact) mass is 352 g/mol. The van der Waals surface area contributed by atoms with E-state index in [0.29, 0.717) is 19.5 Å². The van der Waals surface area contributed by atoms with Gasteiger partial charge in [-0.05, 0) is 37.0 Å². The van der Waals surface area contributed by atoms with Crippen LogP contribution in [0.5, 0.6) is 0 Å². The zero-order valence-electron chi connectivity index (χ0n) is 14.8. The van der Waals surface area contributed by atoms with Crippen molar-refractivity contribution in [3.05, 3.63) is 60.1 Å². The van der Waals surface area contributed by atoms with E-state index in [1.54, 1.807) is 11.2 Å². The molecule has 2 atom stereocenters. The lowest BCUT2D eigenvalue weighted by atomic mass is 9.93. The summed E-state index contributed by atoms with van der Waals surface area (Å²) in [7, 11) is 0. The van der Waals surface area contributed by atoms with Crippen molar-refractivity contribution in [2.75, 3.05) is 13.1 Å². The number of hydrogen-bond donors (Lipinski definition) is 0. The zero-order valence-corrected chi connectivity index (χ0v) is 14.8. The normalized spacial score (nSPS) is 23.5. The van der Waals surface area contributed by atoms with Gasteiger partial charge in [-0.2, -0.15) is 0 Å². The van der Waals surface area contributed by atoms with Gasteiger partial charge in [0.2, 0.25) is 11.8 Å². The standard InChI is InChI=1S/C21H24N2O3/c24-20-13-17(14-22(20)15-18-9-6-12-26-18)21(25)23-11-5-4-10-19(23)16-7-2-1-3-8-16/h1-3,6-9,12,17,19H,4-5,10-11,13-15H2. The van der Waals surface area contributed by atoms with Gasteiger partial charge >= 0.3 is 0 Å². The summed E-state index contributed by atoms with van der Waals surface area (Å²) in [6, 6.07) is 14.0. The summed E-state index contributed by atoms with van der Waals surface area (Å²) < 4.78 is 5.34. The van der Waals surface area contributed by atoms with Crippen molar-refractivity contribution in [2.24, 2.45) is 5.92 Å². The van der Waals surface area contributed by atoms with Crippen molar-refractivity contribution in [1.29, 1.82) is 0 Å². The van der Waals surface area contributed by atoms with Crippen LogP contribution < -0.4 is 0 Å². The first-order valence-corrected chi connectivity index (χ1v) is 9.38. The molecule has 1 aromatic carbocycles. The Balaban J connectivity index is 1.46. The highest BCUT2D eigenvalue weighted by molar-refractivity contribution is 5.89. The SMILES string of the molecule is O=C1CC(C(=O)N2CCCCC2c2ccccc2)CN1Cc1ccco1. The van der Waals surface area contributed by atoms with E-state index >= 15 is 0 Å². The first-order valence-electron chi connectivity index (χ1n) is 9.38. The largest absolute Gasteiger partial charge is 0.467 e. The number of carbonyl (C=O) groups is 2.